The number of likely N-dealkylation sites (tertiary alicyclic amines) is 1. The third-order valence-electron chi connectivity index (χ3n) is 2.54. The third kappa shape index (κ3) is 2.28. The zero-order valence-electron chi connectivity index (χ0n) is 8.12. The van der Waals surface area contributed by atoms with Gasteiger partial charge in [-0.1, -0.05) is 0 Å². The summed E-state index contributed by atoms with van der Waals surface area (Å²) in [4.78, 5) is 23.7. The van der Waals surface area contributed by atoms with Crippen molar-refractivity contribution in [2.24, 2.45) is 5.73 Å². The number of primary amides is 1. The molecule has 2 unspecified atom stereocenters. The van der Waals surface area contributed by atoms with Gasteiger partial charge in [-0.2, -0.15) is 0 Å². The number of nitrogens with two attached hydrogens (primary N) is 1. The molecule has 4 heteroatoms. The highest BCUT2D eigenvalue weighted by Crippen LogP contribution is 2.21. The van der Waals surface area contributed by atoms with Gasteiger partial charge < -0.3 is 5.73 Å². The van der Waals surface area contributed by atoms with E-state index in [0.29, 0.717) is 6.42 Å². The second kappa shape index (κ2) is 3.87. The molecule has 0 aromatic rings. The Hall–Kier alpha value is -0.900. The average molecular weight is 184 g/mol. The molecule has 1 amide bonds. The largest absolute Gasteiger partial charge is 0.368 e. The van der Waals surface area contributed by atoms with Crippen molar-refractivity contribution in [3.05, 3.63) is 0 Å². The maximum absolute atomic E-state index is 10.9. The molecule has 1 heterocycles. The van der Waals surface area contributed by atoms with E-state index < -0.39 is 0 Å². The Bertz CT molecular complexity index is 228. The highest BCUT2D eigenvalue weighted by Gasteiger charge is 2.35. The van der Waals surface area contributed by atoms with Gasteiger partial charge in [-0.3, -0.25) is 14.5 Å². The molecule has 0 spiro atoms. The summed E-state index contributed by atoms with van der Waals surface area (Å²) in [6.45, 7) is 4.40. The van der Waals surface area contributed by atoms with E-state index in [9.17, 15) is 9.59 Å². The Morgan fingerprint density at radius 3 is 2.54 bits per heavy atom. The lowest BCUT2D eigenvalue weighted by molar-refractivity contribution is -0.131. The van der Waals surface area contributed by atoms with Crippen LogP contribution in [0.3, 0.4) is 0 Å². The van der Waals surface area contributed by atoms with E-state index in [-0.39, 0.29) is 23.8 Å². The van der Waals surface area contributed by atoms with Gasteiger partial charge in [0.05, 0.1) is 6.04 Å². The summed E-state index contributed by atoms with van der Waals surface area (Å²) in [6.07, 6.45) is 1.33. The van der Waals surface area contributed by atoms with Gasteiger partial charge in [0.2, 0.25) is 5.91 Å². The van der Waals surface area contributed by atoms with Gasteiger partial charge in [-0.25, -0.2) is 0 Å². The van der Waals surface area contributed by atoms with Crippen molar-refractivity contribution in [1.82, 2.24) is 4.90 Å². The predicted molar refractivity (Wildman–Crippen MR) is 49.1 cm³/mol. The van der Waals surface area contributed by atoms with Crippen molar-refractivity contribution in [3.8, 4) is 0 Å². The van der Waals surface area contributed by atoms with Crippen LogP contribution in [-0.4, -0.2) is 35.2 Å². The molecule has 1 aliphatic rings. The van der Waals surface area contributed by atoms with Crippen LogP contribution in [-0.2, 0) is 9.59 Å². The van der Waals surface area contributed by atoms with Crippen LogP contribution in [0.25, 0.3) is 0 Å². The van der Waals surface area contributed by atoms with Crippen LogP contribution in [0.1, 0.15) is 26.7 Å². The molecule has 2 atom stereocenters. The quantitative estimate of drug-likeness (QED) is 0.664. The average Bonchev–Trinajstić information content (AvgIpc) is 1.79. The molecule has 1 fully saturated rings. The molecule has 1 saturated heterocycles. The van der Waals surface area contributed by atoms with Crippen LogP contribution in [0.15, 0.2) is 0 Å². The van der Waals surface area contributed by atoms with Crippen molar-refractivity contribution < 1.29 is 9.59 Å². The standard InChI is InChI=1S/C9H16N2O2/c1-6(5-7(2)12)11-4-3-8(11)9(10)13/h6,8H,3-5H2,1-2H3,(H2,10,13). The van der Waals surface area contributed by atoms with E-state index in [4.69, 9.17) is 5.73 Å². The van der Waals surface area contributed by atoms with Crippen LogP contribution in [0, 0.1) is 0 Å². The summed E-state index contributed by atoms with van der Waals surface area (Å²) < 4.78 is 0. The van der Waals surface area contributed by atoms with Gasteiger partial charge >= 0.3 is 0 Å². The monoisotopic (exact) mass is 184 g/mol. The number of hydrogen-bond donors (Lipinski definition) is 1. The number of hydrogen-bond acceptors (Lipinski definition) is 3. The first-order valence-electron chi connectivity index (χ1n) is 4.57. The molecule has 0 aromatic carbocycles. The van der Waals surface area contributed by atoms with E-state index >= 15 is 0 Å². The van der Waals surface area contributed by atoms with Crippen molar-refractivity contribution in [2.45, 2.75) is 38.8 Å². The zero-order chi connectivity index (χ0) is 10.0. The Balaban J connectivity index is 2.44. The summed E-state index contributed by atoms with van der Waals surface area (Å²) in [5, 5.41) is 0. The minimum Gasteiger partial charge on any atom is -0.368 e. The predicted octanol–water partition coefficient (Wildman–Crippen LogP) is -0.0864. The Labute approximate surface area is 78.1 Å². The van der Waals surface area contributed by atoms with Gasteiger partial charge in [-0.05, 0) is 20.3 Å². The van der Waals surface area contributed by atoms with Gasteiger partial charge in [-0.15, -0.1) is 0 Å². The summed E-state index contributed by atoms with van der Waals surface area (Å²) in [5.41, 5.74) is 5.19. The first-order valence-corrected chi connectivity index (χ1v) is 4.57. The van der Waals surface area contributed by atoms with E-state index in [1.54, 1.807) is 6.92 Å². The maximum atomic E-state index is 10.9. The lowest BCUT2D eigenvalue weighted by Crippen LogP contribution is -2.58. The number of rotatable bonds is 4. The normalized spacial score (nSPS) is 24.9. The van der Waals surface area contributed by atoms with Crippen molar-refractivity contribution in [3.63, 3.8) is 0 Å². The molecular formula is C9H16N2O2. The number of carbonyl (C=O) groups excluding carboxylic acids is 2. The Morgan fingerprint density at radius 1 is 1.62 bits per heavy atom. The number of nitrogens with zero attached hydrogens (tertiary/aromatic N) is 1. The van der Waals surface area contributed by atoms with Crippen LogP contribution >= 0.6 is 0 Å². The Kier molecular flexibility index (Phi) is 3.03. The van der Waals surface area contributed by atoms with Gasteiger partial charge in [0.25, 0.3) is 0 Å². The first kappa shape index (κ1) is 10.2. The minimum atomic E-state index is -0.276. The Morgan fingerprint density at radius 2 is 2.23 bits per heavy atom. The summed E-state index contributed by atoms with van der Waals surface area (Å²) in [5.74, 6) is -0.121. The fraction of sp³-hybridized carbons (Fsp3) is 0.778. The molecule has 2 N–H and O–H groups in total. The van der Waals surface area contributed by atoms with Crippen molar-refractivity contribution in [1.29, 1.82) is 0 Å². The van der Waals surface area contributed by atoms with Crippen LogP contribution in [0.4, 0.5) is 0 Å². The first-order chi connectivity index (χ1) is 6.02. The molecular weight excluding hydrogens is 168 g/mol. The van der Waals surface area contributed by atoms with Crippen LogP contribution < -0.4 is 5.73 Å². The molecule has 0 aliphatic carbocycles. The second-order valence-corrected chi connectivity index (χ2v) is 3.70. The molecule has 0 bridgehead atoms. The van der Waals surface area contributed by atoms with E-state index in [0.717, 1.165) is 13.0 Å². The lowest BCUT2D eigenvalue weighted by atomic mass is 9.97. The second-order valence-electron chi connectivity index (χ2n) is 3.70. The van der Waals surface area contributed by atoms with Crippen molar-refractivity contribution >= 4 is 11.7 Å². The molecule has 0 radical (unpaired) electrons. The molecule has 1 aliphatic heterocycles. The van der Waals surface area contributed by atoms with Gasteiger partial charge in [0.15, 0.2) is 0 Å². The maximum Gasteiger partial charge on any atom is 0.234 e. The summed E-state index contributed by atoms with van der Waals surface area (Å²) in [7, 11) is 0. The molecule has 0 saturated carbocycles. The minimum absolute atomic E-state index is 0.142. The van der Waals surface area contributed by atoms with E-state index in [1.165, 1.54) is 0 Å². The van der Waals surface area contributed by atoms with Crippen molar-refractivity contribution in [2.75, 3.05) is 6.54 Å². The van der Waals surface area contributed by atoms with Gasteiger partial charge in [0.1, 0.15) is 5.78 Å². The lowest BCUT2D eigenvalue weighted by Gasteiger charge is -2.42. The topological polar surface area (TPSA) is 63.4 Å². The summed E-state index contributed by atoms with van der Waals surface area (Å²) >= 11 is 0. The molecule has 4 nitrogen and oxygen atoms in total. The molecule has 13 heavy (non-hydrogen) atoms. The number of Topliss-reactive ketones (excluding diaryl/α,β-unsaturated/α-hetero) is 1. The van der Waals surface area contributed by atoms with Crippen LogP contribution in [0.5, 0.6) is 0 Å². The fourth-order valence-electron chi connectivity index (χ4n) is 1.77. The zero-order valence-corrected chi connectivity index (χ0v) is 8.12. The highest BCUT2D eigenvalue weighted by molar-refractivity contribution is 5.81. The number of ketones is 1. The third-order valence-corrected chi connectivity index (χ3v) is 2.54. The van der Waals surface area contributed by atoms with E-state index in [2.05, 4.69) is 0 Å². The van der Waals surface area contributed by atoms with E-state index in [1.807, 2.05) is 11.8 Å². The number of amides is 1. The highest BCUT2D eigenvalue weighted by atomic mass is 16.1. The smallest absolute Gasteiger partial charge is 0.234 e. The molecule has 74 valence electrons. The SMILES string of the molecule is CC(=O)CC(C)N1CCC1C(N)=O. The van der Waals surface area contributed by atoms with Crippen LogP contribution in [0.2, 0.25) is 0 Å². The fourth-order valence-corrected chi connectivity index (χ4v) is 1.77. The van der Waals surface area contributed by atoms with Gasteiger partial charge in [0, 0.05) is 19.0 Å². The number of carbonyl (C=O) groups is 2. The summed E-state index contributed by atoms with van der Waals surface area (Å²) in [6, 6.07) is -0.00176. The molecule has 1 rings (SSSR count). The molecule has 0 aromatic heterocycles.